The highest BCUT2D eigenvalue weighted by atomic mass is 14.8. The number of fused-ring (bicyclic) bond motifs is 1. The Morgan fingerprint density at radius 2 is 1.75 bits per heavy atom. The minimum atomic E-state index is 0.373. The Morgan fingerprint density at radius 3 is 2.50 bits per heavy atom. The fraction of sp³-hybridized carbons (Fsp3) is 0.167. The maximum Gasteiger partial charge on any atom is 0.0708 e. The highest BCUT2D eigenvalue weighted by Gasteiger charge is 2.06. The summed E-state index contributed by atoms with van der Waals surface area (Å²) in [6.07, 6.45) is 1.84. The highest BCUT2D eigenvalue weighted by Crippen LogP contribution is 2.28. The SMILES string of the molecule is CNC(C)c1ccc(-c2cccc3ncccc23)cc1. The molecular weight excluding hydrogens is 244 g/mol. The first kappa shape index (κ1) is 12.8. The Morgan fingerprint density at radius 1 is 0.950 bits per heavy atom. The van der Waals surface area contributed by atoms with Crippen molar-refractivity contribution in [3.8, 4) is 11.1 Å². The fourth-order valence-corrected chi connectivity index (χ4v) is 2.47. The van der Waals surface area contributed by atoms with Gasteiger partial charge < -0.3 is 5.32 Å². The van der Waals surface area contributed by atoms with Crippen molar-refractivity contribution < 1.29 is 0 Å². The van der Waals surface area contributed by atoms with Crippen molar-refractivity contribution in [1.82, 2.24) is 10.3 Å². The molecular formula is C18H18N2. The number of benzene rings is 2. The summed E-state index contributed by atoms with van der Waals surface area (Å²) in [7, 11) is 1.98. The lowest BCUT2D eigenvalue weighted by Crippen LogP contribution is -2.11. The molecule has 2 heteroatoms. The van der Waals surface area contributed by atoms with E-state index in [4.69, 9.17) is 0 Å². The van der Waals surface area contributed by atoms with Gasteiger partial charge in [-0.15, -0.1) is 0 Å². The van der Waals surface area contributed by atoms with E-state index in [0.717, 1.165) is 5.52 Å². The van der Waals surface area contributed by atoms with Gasteiger partial charge in [-0.05, 0) is 42.8 Å². The van der Waals surface area contributed by atoms with Gasteiger partial charge in [-0.2, -0.15) is 0 Å². The van der Waals surface area contributed by atoms with Gasteiger partial charge >= 0.3 is 0 Å². The van der Waals surface area contributed by atoms with Crippen LogP contribution in [0.4, 0.5) is 0 Å². The van der Waals surface area contributed by atoms with Crippen LogP contribution in [-0.2, 0) is 0 Å². The summed E-state index contributed by atoms with van der Waals surface area (Å²) < 4.78 is 0. The van der Waals surface area contributed by atoms with Crippen molar-refractivity contribution in [3.63, 3.8) is 0 Å². The van der Waals surface area contributed by atoms with Crippen LogP contribution in [0.25, 0.3) is 22.0 Å². The first-order valence-electron chi connectivity index (χ1n) is 6.91. The molecule has 0 saturated heterocycles. The van der Waals surface area contributed by atoms with Crippen LogP contribution in [0.1, 0.15) is 18.5 Å². The third-order valence-electron chi connectivity index (χ3n) is 3.80. The van der Waals surface area contributed by atoms with Gasteiger partial charge in [0.1, 0.15) is 0 Å². The number of nitrogens with one attached hydrogen (secondary N) is 1. The quantitative estimate of drug-likeness (QED) is 0.766. The Hall–Kier alpha value is -2.19. The van der Waals surface area contributed by atoms with Crippen LogP contribution in [0.3, 0.4) is 0 Å². The number of hydrogen-bond donors (Lipinski definition) is 1. The van der Waals surface area contributed by atoms with E-state index in [0.29, 0.717) is 6.04 Å². The molecule has 1 atom stereocenters. The second-order valence-electron chi connectivity index (χ2n) is 5.01. The minimum Gasteiger partial charge on any atom is -0.313 e. The summed E-state index contributed by atoms with van der Waals surface area (Å²) in [5.74, 6) is 0. The van der Waals surface area contributed by atoms with Gasteiger partial charge in [-0.3, -0.25) is 4.98 Å². The van der Waals surface area contributed by atoms with Crippen LogP contribution >= 0.6 is 0 Å². The lowest BCUT2D eigenvalue weighted by atomic mass is 9.98. The lowest BCUT2D eigenvalue weighted by Gasteiger charge is -2.12. The molecule has 1 aromatic heterocycles. The molecule has 0 fully saturated rings. The van der Waals surface area contributed by atoms with Crippen LogP contribution in [-0.4, -0.2) is 12.0 Å². The molecule has 0 radical (unpaired) electrons. The van der Waals surface area contributed by atoms with E-state index in [1.54, 1.807) is 0 Å². The number of hydrogen-bond acceptors (Lipinski definition) is 2. The lowest BCUT2D eigenvalue weighted by molar-refractivity contribution is 0.652. The first-order chi connectivity index (χ1) is 9.79. The van der Waals surface area contributed by atoms with Gasteiger partial charge in [-0.25, -0.2) is 0 Å². The van der Waals surface area contributed by atoms with E-state index in [-0.39, 0.29) is 0 Å². The van der Waals surface area contributed by atoms with E-state index in [1.165, 1.54) is 22.1 Å². The zero-order valence-corrected chi connectivity index (χ0v) is 11.8. The second kappa shape index (κ2) is 5.43. The number of aromatic nitrogens is 1. The summed E-state index contributed by atoms with van der Waals surface area (Å²) in [5, 5.41) is 4.46. The number of rotatable bonds is 3. The van der Waals surface area contributed by atoms with Gasteiger partial charge in [0.2, 0.25) is 0 Å². The Kier molecular flexibility index (Phi) is 3.48. The second-order valence-corrected chi connectivity index (χ2v) is 5.01. The summed E-state index contributed by atoms with van der Waals surface area (Å²) in [4.78, 5) is 4.42. The largest absolute Gasteiger partial charge is 0.313 e. The third-order valence-corrected chi connectivity index (χ3v) is 3.80. The van der Waals surface area contributed by atoms with Crippen molar-refractivity contribution >= 4 is 10.9 Å². The average Bonchev–Trinajstić information content (AvgIpc) is 2.54. The molecule has 20 heavy (non-hydrogen) atoms. The van der Waals surface area contributed by atoms with E-state index >= 15 is 0 Å². The number of nitrogens with zero attached hydrogens (tertiary/aromatic N) is 1. The molecule has 1 unspecified atom stereocenters. The molecule has 100 valence electrons. The van der Waals surface area contributed by atoms with Crippen LogP contribution in [0, 0.1) is 0 Å². The van der Waals surface area contributed by atoms with Gasteiger partial charge in [0.15, 0.2) is 0 Å². The minimum absolute atomic E-state index is 0.373. The Bertz CT molecular complexity index is 712. The number of pyridine rings is 1. The molecule has 0 aliphatic rings. The van der Waals surface area contributed by atoms with Crippen LogP contribution in [0.5, 0.6) is 0 Å². The highest BCUT2D eigenvalue weighted by molar-refractivity contribution is 5.94. The van der Waals surface area contributed by atoms with Crippen molar-refractivity contribution in [2.75, 3.05) is 7.05 Å². The predicted molar refractivity (Wildman–Crippen MR) is 84.7 cm³/mol. The molecule has 3 rings (SSSR count). The maximum absolute atomic E-state index is 4.42. The molecule has 1 heterocycles. The normalized spacial score (nSPS) is 12.5. The zero-order valence-electron chi connectivity index (χ0n) is 11.8. The summed E-state index contributed by atoms with van der Waals surface area (Å²) >= 11 is 0. The molecule has 0 saturated carbocycles. The van der Waals surface area contributed by atoms with Crippen molar-refractivity contribution in [2.45, 2.75) is 13.0 Å². The van der Waals surface area contributed by atoms with Crippen molar-refractivity contribution in [3.05, 3.63) is 66.4 Å². The maximum atomic E-state index is 4.42. The first-order valence-corrected chi connectivity index (χ1v) is 6.91. The van der Waals surface area contributed by atoms with E-state index < -0.39 is 0 Å². The summed E-state index contributed by atoms with van der Waals surface area (Å²) in [6, 6.07) is 19.5. The Labute approximate surface area is 119 Å². The van der Waals surface area contributed by atoms with Crippen molar-refractivity contribution in [1.29, 1.82) is 0 Å². The van der Waals surface area contributed by atoms with Crippen molar-refractivity contribution in [2.24, 2.45) is 0 Å². The molecule has 2 aromatic carbocycles. The van der Waals surface area contributed by atoms with Gasteiger partial charge in [-0.1, -0.05) is 42.5 Å². The molecule has 1 N–H and O–H groups in total. The molecule has 0 spiro atoms. The van der Waals surface area contributed by atoms with Gasteiger partial charge in [0.05, 0.1) is 5.52 Å². The van der Waals surface area contributed by atoms with Gasteiger partial charge in [0.25, 0.3) is 0 Å². The molecule has 0 aliphatic carbocycles. The molecule has 0 bridgehead atoms. The third kappa shape index (κ3) is 2.30. The molecule has 0 amide bonds. The smallest absolute Gasteiger partial charge is 0.0708 e. The summed E-state index contributed by atoms with van der Waals surface area (Å²) in [6.45, 7) is 2.16. The van der Waals surface area contributed by atoms with E-state index in [9.17, 15) is 0 Å². The average molecular weight is 262 g/mol. The molecule has 2 nitrogen and oxygen atoms in total. The summed E-state index contributed by atoms with van der Waals surface area (Å²) in [5.41, 5.74) is 4.81. The molecule has 0 aliphatic heterocycles. The monoisotopic (exact) mass is 262 g/mol. The standard InChI is InChI=1S/C18H18N2/c1-13(19-2)14-8-10-15(11-9-14)16-5-3-7-18-17(16)6-4-12-20-18/h3-13,19H,1-2H3. The van der Waals surface area contributed by atoms with Crippen LogP contribution < -0.4 is 5.32 Å². The van der Waals surface area contributed by atoms with E-state index in [1.807, 2.05) is 19.3 Å². The van der Waals surface area contributed by atoms with Crippen LogP contribution in [0.2, 0.25) is 0 Å². The topological polar surface area (TPSA) is 24.9 Å². The predicted octanol–water partition coefficient (Wildman–Crippen LogP) is 4.18. The van der Waals surface area contributed by atoms with Gasteiger partial charge in [0, 0.05) is 17.6 Å². The van der Waals surface area contributed by atoms with E-state index in [2.05, 4.69) is 65.8 Å². The zero-order chi connectivity index (χ0) is 13.9. The van der Waals surface area contributed by atoms with Crippen LogP contribution in [0.15, 0.2) is 60.8 Å². The fourth-order valence-electron chi connectivity index (χ4n) is 2.47. The Balaban J connectivity index is 2.07. The molecule has 3 aromatic rings.